The first-order valence-corrected chi connectivity index (χ1v) is 11.4. The standard InChI is InChI=1S/C18H20N4O3S2/c1-21-17(13-7-8-13)19-20-18(21)26-11-16(23)22(14-5-3-2-4-6-14)15-9-10-27(24,25)12-15/h2-6,9-10,13,15H,7-8,11-12H2,1H3/t15-/m1/s1. The third-order valence-electron chi connectivity index (χ3n) is 4.68. The molecule has 2 aromatic rings. The molecule has 1 aromatic carbocycles. The molecule has 7 nitrogen and oxygen atoms in total. The Morgan fingerprint density at radius 3 is 2.63 bits per heavy atom. The number of anilines is 1. The highest BCUT2D eigenvalue weighted by Crippen LogP contribution is 2.39. The highest BCUT2D eigenvalue weighted by atomic mass is 32.2. The van der Waals surface area contributed by atoms with E-state index in [0.29, 0.717) is 16.8 Å². The monoisotopic (exact) mass is 404 g/mol. The van der Waals surface area contributed by atoms with Gasteiger partial charge in [0, 0.05) is 24.1 Å². The van der Waals surface area contributed by atoms with E-state index < -0.39 is 15.9 Å². The lowest BCUT2D eigenvalue weighted by Crippen LogP contribution is -2.42. The largest absolute Gasteiger partial charge is 0.309 e. The van der Waals surface area contributed by atoms with Gasteiger partial charge in [-0.15, -0.1) is 10.2 Å². The molecule has 0 N–H and O–H groups in total. The van der Waals surface area contributed by atoms with Gasteiger partial charge in [-0.05, 0) is 31.1 Å². The first kappa shape index (κ1) is 18.2. The van der Waals surface area contributed by atoms with Crippen LogP contribution in [0.1, 0.15) is 24.6 Å². The minimum absolute atomic E-state index is 0.0892. The van der Waals surface area contributed by atoms with Crippen LogP contribution in [0, 0.1) is 0 Å². The van der Waals surface area contributed by atoms with Gasteiger partial charge in [0.15, 0.2) is 15.0 Å². The van der Waals surface area contributed by atoms with Crippen LogP contribution in [0.15, 0.2) is 47.0 Å². The molecule has 142 valence electrons. The Bertz CT molecular complexity index is 981. The van der Waals surface area contributed by atoms with Crippen molar-refractivity contribution in [2.75, 3.05) is 16.4 Å². The van der Waals surface area contributed by atoms with Crippen molar-refractivity contribution < 1.29 is 13.2 Å². The van der Waals surface area contributed by atoms with Crippen molar-refractivity contribution in [1.82, 2.24) is 14.8 Å². The summed E-state index contributed by atoms with van der Waals surface area (Å²) in [5.74, 6) is 1.37. The van der Waals surface area contributed by atoms with Gasteiger partial charge in [-0.1, -0.05) is 30.0 Å². The number of hydrogen-bond acceptors (Lipinski definition) is 6. The average Bonchev–Trinajstić information content (AvgIpc) is 3.33. The van der Waals surface area contributed by atoms with Crippen molar-refractivity contribution in [1.29, 1.82) is 0 Å². The van der Waals surface area contributed by atoms with E-state index in [1.807, 2.05) is 41.9 Å². The predicted molar refractivity (Wildman–Crippen MR) is 104 cm³/mol. The van der Waals surface area contributed by atoms with E-state index in [0.717, 1.165) is 18.7 Å². The highest BCUT2D eigenvalue weighted by Gasteiger charge is 2.32. The highest BCUT2D eigenvalue weighted by molar-refractivity contribution is 7.99. The smallest absolute Gasteiger partial charge is 0.238 e. The molecular weight excluding hydrogens is 384 g/mol. The van der Waals surface area contributed by atoms with Gasteiger partial charge in [-0.2, -0.15) is 0 Å². The fourth-order valence-corrected chi connectivity index (χ4v) is 5.22. The van der Waals surface area contributed by atoms with Gasteiger partial charge >= 0.3 is 0 Å². The molecular formula is C18H20N4O3S2. The Balaban J connectivity index is 1.51. The summed E-state index contributed by atoms with van der Waals surface area (Å²) < 4.78 is 25.6. The zero-order chi connectivity index (χ0) is 19.0. The minimum atomic E-state index is -3.26. The van der Waals surface area contributed by atoms with E-state index in [1.165, 1.54) is 17.2 Å². The number of benzene rings is 1. The number of aromatic nitrogens is 3. The normalized spacial score (nSPS) is 20.7. The number of para-hydroxylation sites is 1. The van der Waals surface area contributed by atoms with Crippen LogP contribution in [0.25, 0.3) is 0 Å². The van der Waals surface area contributed by atoms with Crippen LogP contribution >= 0.6 is 11.8 Å². The maximum atomic E-state index is 13.0. The Hall–Kier alpha value is -2.13. The van der Waals surface area contributed by atoms with Crippen LogP contribution in [-0.2, 0) is 21.7 Å². The number of nitrogens with zero attached hydrogens (tertiary/aromatic N) is 4. The van der Waals surface area contributed by atoms with Gasteiger partial charge in [-0.25, -0.2) is 8.42 Å². The van der Waals surface area contributed by atoms with E-state index >= 15 is 0 Å². The van der Waals surface area contributed by atoms with Crippen molar-refractivity contribution in [2.24, 2.45) is 7.05 Å². The number of amides is 1. The van der Waals surface area contributed by atoms with Gasteiger partial charge in [0.25, 0.3) is 0 Å². The number of sulfone groups is 1. The molecule has 0 radical (unpaired) electrons. The number of carbonyl (C=O) groups is 1. The van der Waals surface area contributed by atoms with Crippen LogP contribution in [0.4, 0.5) is 5.69 Å². The van der Waals surface area contributed by atoms with Crippen LogP contribution in [0.3, 0.4) is 0 Å². The predicted octanol–water partition coefficient (Wildman–Crippen LogP) is 2.13. The maximum Gasteiger partial charge on any atom is 0.238 e. The number of hydrogen-bond donors (Lipinski definition) is 0. The van der Waals surface area contributed by atoms with Crippen molar-refractivity contribution in [3.05, 3.63) is 47.6 Å². The van der Waals surface area contributed by atoms with Gasteiger partial charge in [0.1, 0.15) is 5.82 Å². The Labute approximate surface area is 162 Å². The van der Waals surface area contributed by atoms with Crippen molar-refractivity contribution in [3.63, 3.8) is 0 Å². The summed E-state index contributed by atoms with van der Waals surface area (Å²) in [7, 11) is -1.34. The lowest BCUT2D eigenvalue weighted by molar-refractivity contribution is -0.116. The lowest BCUT2D eigenvalue weighted by atomic mass is 10.2. The average molecular weight is 405 g/mol. The fraction of sp³-hybridized carbons (Fsp3) is 0.389. The molecule has 1 aromatic heterocycles. The molecule has 0 saturated heterocycles. The zero-order valence-electron chi connectivity index (χ0n) is 14.9. The quantitative estimate of drug-likeness (QED) is 0.686. The molecule has 4 rings (SSSR count). The molecule has 1 fully saturated rings. The molecule has 0 unspecified atom stereocenters. The number of thioether (sulfide) groups is 1. The second-order valence-corrected chi connectivity index (χ2v) is 9.66. The SMILES string of the molecule is Cn1c(SCC(=O)N(c2ccccc2)[C@@H]2C=CS(=O)(=O)C2)nnc1C1CC1. The Morgan fingerprint density at radius 2 is 2.00 bits per heavy atom. The molecule has 1 saturated carbocycles. The molecule has 9 heteroatoms. The molecule has 0 bridgehead atoms. The molecule has 27 heavy (non-hydrogen) atoms. The summed E-state index contributed by atoms with van der Waals surface area (Å²) in [4.78, 5) is 14.6. The second kappa shape index (κ2) is 7.12. The topological polar surface area (TPSA) is 85.2 Å². The Morgan fingerprint density at radius 1 is 1.26 bits per heavy atom. The summed E-state index contributed by atoms with van der Waals surface area (Å²) in [6.45, 7) is 0. The molecule has 2 heterocycles. The van der Waals surface area contributed by atoms with Gasteiger partial charge in [0.05, 0.1) is 17.5 Å². The van der Waals surface area contributed by atoms with Crippen LogP contribution in [0.5, 0.6) is 0 Å². The van der Waals surface area contributed by atoms with E-state index in [9.17, 15) is 13.2 Å². The lowest BCUT2D eigenvalue weighted by Gasteiger charge is -2.27. The zero-order valence-corrected chi connectivity index (χ0v) is 16.5. The number of carbonyl (C=O) groups excluding carboxylic acids is 1. The van der Waals surface area contributed by atoms with E-state index in [-0.39, 0.29) is 17.4 Å². The summed E-state index contributed by atoms with van der Waals surface area (Å²) in [5.41, 5.74) is 0.687. The van der Waals surface area contributed by atoms with E-state index in [4.69, 9.17) is 0 Å². The first-order chi connectivity index (χ1) is 12.9. The van der Waals surface area contributed by atoms with Crippen molar-refractivity contribution >= 4 is 33.2 Å². The summed E-state index contributed by atoms with van der Waals surface area (Å²) >= 11 is 1.33. The molecule has 1 aliphatic carbocycles. The third kappa shape index (κ3) is 3.93. The van der Waals surface area contributed by atoms with E-state index in [1.54, 1.807) is 11.0 Å². The number of rotatable bonds is 6. The molecule has 0 spiro atoms. The maximum absolute atomic E-state index is 13.0. The van der Waals surface area contributed by atoms with Gasteiger partial charge in [-0.3, -0.25) is 4.79 Å². The summed E-state index contributed by atoms with van der Waals surface area (Å²) in [6, 6.07) is 8.67. The molecule has 2 aliphatic rings. The summed E-state index contributed by atoms with van der Waals surface area (Å²) in [6.07, 6.45) is 3.86. The van der Waals surface area contributed by atoms with Crippen LogP contribution < -0.4 is 4.90 Å². The second-order valence-electron chi connectivity index (χ2n) is 6.79. The van der Waals surface area contributed by atoms with Crippen molar-refractivity contribution in [3.8, 4) is 0 Å². The van der Waals surface area contributed by atoms with Crippen molar-refractivity contribution in [2.45, 2.75) is 30.0 Å². The molecule has 1 amide bonds. The molecule has 1 atom stereocenters. The van der Waals surface area contributed by atoms with Crippen LogP contribution in [-0.4, -0.2) is 46.6 Å². The Kier molecular flexibility index (Phi) is 4.81. The fourth-order valence-electron chi connectivity index (χ4n) is 3.17. The van der Waals surface area contributed by atoms with Gasteiger partial charge < -0.3 is 9.47 Å². The molecule has 1 aliphatic heterocycles. The minimum Gasteiger partial charge on any atom is -0.309 e. The van der Waals surface area contributed by atoms with E-state index in [2.05, 4.69) is 10.2 Å². The van der Waals surface area contributed by atoms with Crippen LogP contribution in [0.2, 0.25) is 0 Å². The summed E-state index contributed by atoms with van der Waals surface area (Å²) in [5, 5.41) is 10.3. The third-order valence-corrected chi connectivity index (χ3v) is 7.06. The first-order valence-electron chi connectivity index (χ1n) is 8.75. The van der Waals surface area contributed by atoms with Gasteiger partial charge in [0.2, 0.25) is 5.91 Å².